The molecule has 1 heteroatoms. The SMILES string of the molecule is CCCCc1ccccc1-c1ccc2c(c1C)c1ccccc1n2-c1ccccc1. The van der Waals surface area contributed by atoms with Crippen molar-refractivity contribution < 1.29 is 0 Å². The average molecular weight is 390 g/mol. The Kier molecular flexibility index (Phi) is 4.88. The normalized spacial score (nSPS) is 11.4. The molecule has 0 saturated heterocycles. The van der Waals surface area contributed by atoms with Crippen molar-refractivity contribution in [2.75, 3.05) is 0 Å². The molecule has 0 atom stereocenters. The van der Waals surface area contributed by atoms with E-state index in [0.29, 0.717) is 0 Å². The fourth-order valence-corrected chi connectivity index (χ4v) is 4.75. The van der Waals surface area contributed by atoms with Crippen LogP contribution in [0.1, 0.15) is 30.9 Å². The average Bonchev–Trinajstić information content (AvgIpc) is 3.14. The van der Waals surface area contributed by atoms with Gasteiger partial charge in [-0.25, -0.2) is 0 Å². The third-order valence-electron chi connectivity index (χ3n) is 6.22. The van der Waals surface area contributed by atoms with Crippen LogP contribution in [-0.4, -0.2) is 4.57 Å². The molecule has 0 unspecified atom stereocenters. The van der Waals surface area contributed by atoms with Crippen LogP contribution < -0.4 is 0 Å². The van der Waals surface area contributed by atoms with Gasteiger partial charge < -0.3 is 4.57 Å². The first kappa shape index (κ1) is 18.7. The number of hydrogen-bond acceptors (Lipinski definition) is 0. The molecule has 0 aliphatic rings. The molecule has 0 radical (unpaired) electrons. The molecule has 148 valence electrons. The quantitative estimate of drug-likeness (QED) is 0.286. The van der Waals surface area contributed by atoms with E-state index in [2.05, 4.69) is 109 Å². The second-order valence-corrected chi connectivity index (χ2v) is 8.08. The van der Waals surface area contributed by atoms with E-state index in [1.54, 1.807) is 0 Å². The Morgan fingerprint density at radius 1 is 0.667 bits per heavy atom. The molecule has 1 heterocycles. The third-order valence-corrected chi connectivity index (χ3v) is 6.22. The van der Waals surface area contributed by atoms with Gasteiger partial charge in [-0.05, 0) is 66.3 Å². The monoisotopic (exact) mass is 389 g/mol. The van der Waals surface area contributed by atoms with E-state index >= 15 is 0 Å². The zero-order chi connectivity index (χ0) is 20.5. The van der Waals surface area contributed by atoms with Gasteiger partial charge in [0.1, 0.15) is 0 Å². The summed E-state index contributed by atoms with van der Waals surface area (Å²) in [6, 6.07) is 33.0. The molecule has 0 amide bonds. The fraction of sp³-hybridized carbons (Fsp3) is 0.172. The summed E-state index contributed by atoms with van der Waals surface area (Å²) in [6.45, 7) is 4.55. The van der Waals surface area contributed by atoms with Crippen LogP contribution in [0.2, 0.25) is 0 Å². The molecule has 0 bridgehead atoms. The van der Waals surface area contributed by atoms with Crippen molar-refractivity contribution in [1.29, 1.82) is 0 Å². The van der Waals surface area contributed by atoms with Gasteiger partial charge in [0.25, 0.3) is 0 Å². The first-order chi connectivity index (χ1) is 14.8. The summed E-state index contributed by atoms with van der Waals surface area (Å²) in [4.78, 5) is 0. The number of nitrogens with zero attached hydrogens (tertiary/aromatic N) is 1. The molecule has 0 spiro atoms. The number of benzene rings is 4. The molecule has 5 aromatic rings. The van der Waals surface area contributed by atoms with E-state index in [0.717, 1.165) is 6.42 Å². The maximum absolute atomic E-state index is 2.39. The van der Waals surface area contributed by atoms with Crippen LogP contribution in [0.4, 0.5) is 0 Å². The van der Waals surface area contributed by atoms with Crippen LogP contribution >= 0.6 is 0 Å². The van der Waals surface area contributed by atoms with E-state index in [9.17, 15) is 0 Å². The lowest BCUT2D eigenvalue weighted by molar-refractivity contribution is 0.796. The molecule has 0 N–H and O–H groups in total. The predicted octanol–water partition coefficient (Wildman–Crippen LogP) is 8.10. The molecule has 0 saturated carbocycles. The second-order valence-electron chi connectivity index (χ2n) is 8.08. The minimum atomic E-state index is 1.13. The van der Waals surface area contributed by atoms with Crippen molar-refractivity contribution in [3.05, 3.63) is 102 Å². The highest BCUT2D eigenvalue weighted by molar-refractivity contribution is 6.12. The minimum Gasteiger partial charge on any atom is -0.309 e. The Morgan fingerprint density at radius 2 is 1.40 bits per heavy atom. The number of aromatic nitrogens is 1. The van der Waals surface area contributed by atoms with Crippen LogP contribution in [0.5, 0.6) is 0 Å². The Balaban J connectivity index is 1.80. The maximum atomic E-state index is 2.39. The summed E-state index contributed by atoms with van der Waals surface area (Å²) in [6.07, 6.45) is 3.58. The van der Waals surface area contributed by atoms with E-state index in [4.69, 9.17) is 0 Å². The van der Waals surface area contributed by atoms with Gasteiger partial charge in [0.05, 0.1) is 11.0 Å². The number of rotatable bonds is 5. The first-order valence-electron chi connectivity index (χ1n) is 11.0. The topological polar surface area (TPSA) is 4.93 Å². The van der Waals surface area contributed by atoms with E-state index in [-0.39, 0.29) is 0 Å². The van der Waals surface area contributed by atoms with E-state index in [1.807, 2.05) is 0 Å². The summed E-state index contributed by atoms with van der Waals surface area (Å²) in [5.41, 5.74) is 9.29. The molecular formula is C29H27N. The predicted molar refractivity (Wildman–Crippen MR) is 130 cm³/mol. The number of fused-ring (bicyclic) bond motifs is 3. The van der Waals surface area contributed by atoms with Gasteiger partial charge in [0, 0.05) is 16.5 Å². The van der Waals surface area contributed by atoms with Gasteiger partial charge in [-0.3, -0.25) is 0 Å². The summed E-state index contributed by atoms with van der Waals surface area (Å²) in [7, 11) is 0. The van der Waals surface area contributed by atoms with Crippen molar-refractivity contribution >= 4 is 21.8 Å². The second kappa shape index (κ2) is 7.84. The third kappa shape index (κ3) is 3.02. The van der Waals surface area contributed by atoms with Crippen molar-refractivity contribution in [3.63, 3.8) is 0 Å². The highest BCUT2D eigenvalue weighted by atomic mass is 15.0. The summed E-state index contributed by atoms with van der Waals surface area (Å²) in [5.74, 6) is 0. The van der Waals surface area contributed by atoms with Crippen molar-refractivity contribution in [1.82, 2.24) is 4.57 Å². The standard InChI is InChI=1S/C29H27N/c1-3-4-12-22-13-8-9-16-25(22)24-19-20-28-29(21(24)2)26-17-10-11-18-27(26)30(28)23-14-6-5-7-15-23/h5-11,13-20H,3-4,12H2,1-2H3. The van der Waals surface area contributed by atoms with Gasteiger partial charge in [-0.1, -0.05) is 80.1 Å². The number of unbranched alkanes of at least 4 members (excludes halogenated alkanes) is 1. The molecule has 1 nitrogen and oxygen atoms in total. The Labute approximate surface area is 178 Å². The summed E-state index contributed by atoms with van der Waals surface area (Å²) >= 11 is 0. The van der Waals surface area contributed by atoms with Crippen molar-refractivity contribution in [2.45, 2.75) is 33.1 Å². The number of para-hydroxylation sites is 2. The molecular weight excluding hydrogens is 362 g/mol. The molecule has 0 fully saturated rings. The minimum absolute atomic E-state index is 1.13. The summed E-state index contributed by atoms with van der Waals surface area (Å²) < 4.78 is 2.39. The molecule has 4 aromatic carbocycles. The van der Waals surface area contributed by atoms with Gasteiger partial charge in [0.2, 0.25) is 0 Å². The van der Waals surface area contributed by atoms with Crippen LogP contribution in [0, 0.1) is 6.92 Å². The Morgan fingerprint density at radius 3 is 2.23 bits per heavy atom. The van der Waals surface area contributed by atoms with Crippen LogP contribution in [-0.2, 0) is 6.42 Å². The highest BCUT2D eigenvalue weighted by Crippen LogP contribution is 2.39. The maximum Gasteiger partial charge on any atom is 0.0544 e. The number of aryl methyl sites for hydroxylation is 2. The van der Waals surface area contributed by atoms with Crippen molar-refractivity contribution in [2.24, 2.45) is 0 Å². The Hall–Kier alpha value is -3.32. The highest BCUT2D eigenvalue weighted by Gasteiger charge is 2.17. The zero-order valence-corrected chi connectivity index (χ0v) is 17.7. The smallest absolute Gasteiger partial charge is 0.0544 e. The van der Waals surface area contributed by atoms with Gasteiger partial charge >= 0.3 is 0 Å². The van der Waals surface area contributed by atoms with Crippen LogP contribution in [0.15, 0.2) is 91.0 Å². The van der Waals surface area contributed by atoms with Crippen molar-refractivity contribution in [3.8, 4) is 16.8 Å². The van der Waals surface area contributed by atoms with E-state index in [1.165, 1.54) is 62.6 Å². The first-order valence-corrected chi connectivity index (χ1v) is 11.0. The van der Waals surface area contributed by atoms with Crippen LogP contribution in [0.25, 0.3) is 38.6 Å². The summed E-state index contributed by atoms with van der Waals surface area (Å²) in [5, 5.41) is 2.68. The molecule has 30 heavy (non-hydrogen) atoms. The Bertz CT molecular complexity index is 1330. The molecule has 5 rings (SSSR count). The van der Waals surface area contributed by atoms with E-state index < -0.39 is 0 Å². The number of hydrogen-bond donors (Lipinski definition) is 0. The lowest BCUT2D eigenvalue weighted by Gasteiger charge is -2.14. The van der Waals surface area contributed by atoms with Crippen LogP contribution in [0.3, 0.4) is 0 Å². The van der Waals surface area contributed by atoms with Gasteiger partial charge in [-0.15, -0.1) is 0 Å². The lowest BCUT2D eigenvalue weighted by Crippen LogP contribution is -1.95. The van der Waals surface area contributed by atoms with Gasteiger partial charge in [0.15, 0.2) is 0 Å². The molecule has 1 aromatic heterocycles. The lowest BCUT2D eigenvalue weighted by atomic mass is 9.91. The zero-order valence-electron chi connectivity index (χ0n) is 17.7. The molecule has 0 aliphatic heterocycles. The fourth-order valence-electron chi connectivity index (χ4n) is 4.75. The molecule has 0 aliphatic carbocycles. The van der Waals surface area contributed by atoms with Gasteiger partial charge in [-0.2, -0.15) is 0 Å². The largest absolute Gasteiger partial charge is 0.309 e.